The van der Waals surface area contributed by atoms with Crippen LogP contribution in [0.1, 0.15) is 28.8 Å². The van der Waals surface area contributed by atoms with Crippen LogP contribution in [0.15, 0.2) is 16.6 Å². The fourth-order valence-electron chi connectivity index (χ4n) is 1.85. The molecular formula is C15H16N4OS2. The second kappa shape index (κ2) is 7.38. The van der Waals surface area contributed by atoms with Gasteiger partial charge >= 0.3 is 0 Å². The van der Waals surface area contributed by atoms with E-state index < -0.39 is 0 Å². The number of thiazole rings is 1. The lowest BCUT2D eigenvalue weighted by Gasteiger charge is -2.10. The van der Waals surface area contributed by atoms with Crippen molar-refractivity contribution in [3.63, 3.8) is 0 Å². The molecule has 5 nitrogen and oxygen atoms in total. The SMILES string of the molecule is Cc1nc(SCCC(=O)Nc2nccs2)c(C#N)c(C)c1C. The van der Waals surface area contributed by atoms with E-state index in [-0.39, 0.29) is 5.91 Å². The molecule has 0 aromatic carbocycles. The monoisotopic (exact) mass is 332 g/mol. The number of carbonyl (C=O) groups excluding carboxylic acids is 1. The van der Waals surface area contributed by atoms with Crippen molar-refractivity contribution in [1.82, 2.24) is 9.97 Å². The van der Waals surface area contributed by atoms with Gasteiger partial charge in [0, 0.05) is 29.4 Å². The van der Waals surface area contributed by atoms with Crippen LogP contribution in [-0.2, 0) is 4.79 Å². The zero-order chi connectivity index (χ0) is 16.1. The first-order valence-electron chi connectivity index (χ1n) is 6.73. The van der Waals surface area contributed by atoms with Crippen molar-refractivity contribution >= 4 is 34.1 Å². The number of carbonyl (C=O) groups is 1. The van der Waals surface area contributed by atoms with Crippen LogP contribution in [0, 0.1) is 32.1 Å². The Morgan fingerprint density at radius 2 is 2.18 bits per heavy atom. The third kappa shape index (κ3) is 3.84. The van der Waals surface area contributed by atoms with Crippen LogP contribution in [0.4, 0.5) is 5.13 Å². The van der Waals surface area contributed by atoms with Gasteiger partial charge in [-0.1, -0.05) is 0 Å². The summed E-state index contributed by atoms with van der Waals surface area (Å²) in [5.41, 5.74) is 3.53. The predicted octanol–water partition coefficient (Wildman–Crippen LogP) is 3.46. The number of aryl methyl sites for hydroxylation is 1. The van der Waals surface area contributed by atoms with Gasteiger partial charge in [0.05, 0.1) is 5.56 Å². The van der Waals surface area contributed by atoms with Crippen LogP contribution in [0.5, 0.6) is 0 Å². The molecule has 22 heavy (non-hydrogen) atoms. The molecule has 0 radical (unpaired) electrons. The lowest BCUT2D eigenvalue weighted by atomic mass is 10.1. The van der Waals surface area contributed by atoms with Crippen molar-refractivity contribution in [3.05, 3.63) is 34.0 Å². The molecule has 2 aromatic heterocycles. The fraction of sp³-hybridized carbons (Fsp3) is 0.333. The average Bonchev–Trinajstić information content (AvgIpc) is 2.98. The van der Waals surface area contributed by atoms with Gasteiger partial charge in [-0.15, -0.1) is 23.1 Å². The molecular weight excluding hydrogens is 316 g/mol. The molecule has 2 heterocycles. The first-order valence-corrected chi connectivity index (χ1v) is 8.59. The summed E-state index contributed by atoms with van der Waals surface area (Å²) in [5, 5.41) is 15.2. The van der Waals surface area contributed by atoms with E-state index in [1.807, 2.05) is 26.2 Å². The topological polar surface area (TPSA) is 78.7 Å². The maximum absolute atomic E-state index is 11.8. The van der Waals surface area contributed by atoms with E-state index in [4.69, 9.17) is 0 Å². The number of amides is 1. The zero-order valence-electron chi connectivity index (χ0n) is 12.6. The Morgan fingerprint density at radius 1 is 1.41 bits per heavy atom. The van der Waals surface area contributed by atoms with Gasteiger partial charge < -0.3 is 5.32 Å². The third-order valence-electron chi connectivity index (χ3n) is 3.32. The predicted molar refractivity (Wildman–Crippen MR) is 89.2 cm³/mol. The van der Waals surface area contributed by atoms with Crippen LogP contribution >= 0.6 is 23.1 Å². The third-order valence-corrected chi connectivity index (χ3v) is 4.99. The van der Waals surface area contributed by atoms with Gasteiger partial charge in [-0.25, -0.2) is 9.97 Å². The van der Waals surface area contributed by atoms with Gasteiger partial charge in [0.15, 0.2) is 5.13 Å². The summed E-state index contributed by atoms with van der Waals surface area (Å²) >= 11 is 2.83. The van der Waals surface area contributed by atoms with E-state index >= 15 is 0 Å². The normalized spacial score (nSPS) is 10.3. The van der Waals surface area contributed by atoms with Crippen LogP contribution in [-0.4, -0.2) is 21.6 Å². The second-order valence-electron chi connectivity index (χ2n) is 4.72. The number of nitrogens with one attached hydrogen (secondary N) is 1. The van der Waals surface area contributed by atoms with Crippen LogP contribution < -0.4 is 5.32 Å². The quantitative estimate of drug-likeness (QED) is 0.848. The minimum Gasteiger partial charge on any atom is -0.302 e. The molecule has 0 unspecified atom stereocenters. The molecule has 1 amide bonds. The minimum atomic E-state index is -0.0819. The standard InChI is InChI=1S/C15H16N4OS2/c1-9-10(2)12(8-16)14(18-11(9)3)21-6-4-13(20)19-15-17-5-7-22-15/h5,7H,4,6H2,1-3H3,(H,17,19,20). The maximum Gasteiger partial charge on any atom is 0.226 e. The Kier molecular flexibility index (Phi) is 5.52. The average molecular weight is 332 g/mol. The van der Waals surface area contributed by atoms with E-state index in [0.29, 0.717) is 27.9 Å². The Hall–Kier alpha value is -1.91. The van der Waals surface area contributed by atoms with Crippen molar-refractivity contribution < 1.29 is 4.79 Å². The number of hydrogen-bond donors (Lipinski definition) is 1. The molecule has 2 rings (SSSR count). The summed E-state index contributed by atoms with van der Waals surface area (Å²) in [6.07, 6.45) is 2.00. The number of nitrogens with zero attached hydrogens (tertiary/aromatic N) is 3. The summed E-state index contributed by atoms with van der Waals surface area (Å²) in [7, 11) is 0. The van der Waals surface area contributed by atoms with Crippen molar-refractivity contribution in [3.8, 4) is 6.07 Å². The Morgan fingerprint density at radius 3 is 2.82 bits per heavy atom. The Bertz CT molecular complexity index is 720. The van der Waals surface area contributed by atoms with Crippen LogP contribution in [0.25, 0.3) is 0 Å². The molecule has 2 aromatic rings. The van der Waals surface area contributed by atoms with Crippen molar-refractivity contribution in [2.45, 2.75) is 32.2 Å². The number of hydrogen-bond acceptors (Lipinski definition) is 6. The highest BCUT2D eigenvalue weighted by Crippen LogP contribution is 2.26. The molecule has 0 saturated heterocycles. The molecule has 0 atom stereocenters. The van der Waals surface area contributed by atoms with Gasteiger partial charge in [0.2, 0.25) is 5.91 Å². The van der Waals surface area contributed by atoms with E-state index in [1.54, 1.807) is 6.20 Å². The first-order chi connectivity index (χ1) is 10.5. The number of aromatic nitrogens is 2. The highest BCUT2D eigenvalue weighted by Gasteiger charge is 2.13. The summed E-state index contributed by atoms with van der Waals surface area (Å²) in [6, 6.07) is 2.21. The lowest BCUT2D eigenvalue weighted by molar-refractivity contribution is -0.115. The number of anilines is 1. The summed E-state index contributed by atoms with van der Waals surface area (Å²) in [4.78, 5) is 20.3. The Balaban J connectivity index is 1.97. The summed E-state index contributed by atoms with van der Waals surface area (Å²) in [6.45, 7) is 5.83. The maximum atomic E-state index is 11.8. The summed E-state index contributed by atoms with van der Waals surface area (Å²) < 4.78 is 0. The fourth-order valence-corrected chi connectivity index (χ4v) is 3.43. The van der Waals surface area contributed by atoms with Gasteiger partial charge in [0.25, 0.3) is 0 Å². The molecule has 0 aliphatic heterocycles. The molecule has 0 fully saturated rings. The molecule has 7 heteroatoms. The molecule has 114 valence electrons. The molecule has 1 N–H and O–H groups in total. The number of nitriles is 1. The number of pyridine rings is 1. The lowest BCUT2D eigenvalue weighted by Crippen LogP contribution is -2.12. The van der Waals surface area contributed by atoms with E-state index in [2.05, 4.69) is 21.4 Å². The molecule has 0 saturated carbocycles. The Labute approximate surface area is 137 Å². The van der Waals surface area contributed by atoms with Crippen molar-refractivity contribution in [2.75, 3.05) is 11.1 Å². The van der Waals surface area contributed by atoms with E-state index in [9.17, 15) is 10.1 Å². The largest absolute Gasteiger partial charge is 0.302 e. The van der Waals surface area contributed by atoms with Crippen LogP contribution in [0.2, 0.25) is 0 Å². The van der Waals surface area contributed by atoms with Crippen LogP contribution in [0.3, 0.4) is 0 Å². The molecule has 0 spiro atoms. The van der Waals surface area contributed by atoms with Gasteiger partial charge in [-0.3, -0.25) is 4.79 Å². The van der Waals surface area contributed by atoms with Gasteiger partial charge in [0.1, 0.15) is 11.1 Å². The molecule has 0 aliphatic rings. The zero-order valence-corrected chi connectivity index (χ0v) is 14.3. The number of rotatable bonds is 5. The van der Waals surface area contributed by atoms with Crippen molar-refractivity contribution in [2.24, 2.45) is 0 Å². The highest BCUT2D eigenvalue weighted by atomic mass is 32.2. The van der Waals surface area contributed by atoms with Gasteiger partial charge in [-0.2, -0.15) is 5.26 Å². The molecule has 0 aliphatic carbocycles. The van der Waals surface area contributed by atoms with Crippen molar-refractivity contribution in [1.29, 1.82) is 5.26 Å². The van der Waals surface area contributed by atoms with E-state index in [0.717, 1.165) is 16.8 Å². The van der Waals surface area contributed by atoms with Gasteiger partial charge in [-0.05, 0) is 31.9 Å². The first kappa shape index (κ1) is 16.5. The molecule has 0 bridgehead atoms. The summed E-state index contributed by atoms with van der Waals surface area (Å²) in [5.74, 6) is 0.488. The smallest absolute Gasteiger partial charge is 0.226 e. The highest BCUT2D eigenvalue weighted by molar-refractivity contribution is 7.99. The number of thioether (sulfide) groups is 1. The van der Waals surface area contributed by atoms with E-state index in [1.165, 1.54) is 23.1 Å². The second-order valence-corrected chi connectivity index (χ2v) is 6.70. The minimum absolute atomic E-state index is 0.0819.